The number of carbonyl (C=O) groups excluding carboxylic acids is 4. The summed E-state index contributed by atoms with van der Waals surface area (Å²) in [5.74, 6) is -7.53. The van der Waals surface area contributed by atoms with E-state index in [4.69, 9.17) is 23.2 Å². The first-order chi connectivity index (χ1) is 26.2. The van der Waals surface area contributed by atoms with Crippen molar-refractivity contribution in [2.24, 2.45) is 23.7 Å². The van der Waals surface area contributed by atoms with E-state index in [9.17, 15) is 32.7 Å². The van der Waals surface area contributed by atoms with E-state index in [1.807, 2.05) is 6.08 Å². The van der Waals surface area contributed by atoms with Crippen LogP contribution in [-0.2, 0) is 30.8 Å². The lowest BCUT2D eigenvalue weighted by Gasteiger charge is -2.50. The number of hydrazine groups is 1. The Kier molecular flexibility index (Phi) is 8.69. The predicted molar refractivity (Wildman–Crippen MR) is 199 cm³/mol. The first kappa shape index (κ1) is 36.5. The second kappa shape index (κ2) is 13.1. The van der Waals surface area contributed by atoms with Gasteiger partial charge in [-0.3, -0.25) is 29.5 Å². The molecule has 2 aliphatic carbocycles. The molecule has 0 unspecified atom stereocenters. The highest BCUT2D eigenvalue weighted by atomic mass is 35.5. The van der Waals surface area contributed by atoms with Gasteiger partial charge in [-0.15, -0.1) is 0 Å². The van der Waals surface area contributed by atoms with E-state index in [1.165, 1.54) is 4.90 Å². The molecule has 2 saturated heterocycles. The maximum Gasteiger partial charge on any atom is 0.417 e. The van der Waals surface area contributed by atoms with Gasteiger partial charge in [-0.25, -0.2) is 4.98 Å². The summed E-state index contributed by atoms with van der Waals surface area (Å²) in [5, 5.41) is 12.3. The molecule has 1 saturated carbocycles. The molecule has 4 amide bonds. The highest BCUT2D eigenvalue weighted by Crippen LogP contribution is 2.65. The van der Waals surface area contributed by atoms with Crippen molar-refractivity contribution in [2.75, 3.05) is 10.3 Å². The lowest BCUT2D eigenvalue weighted by Crippen LogP contribution is -2.53. The Labute approximate surface area is 323 Å². The number of carbonyl (C=O) groups is 4. The average molecular weight is 788 g/mol. The van der Waals surface area contributed by atoms with E-state index in [2.05, 4.69) is 17.0 Å². The molecular weight excluding hydrogens is 756 g/mol. The topological polar surface area (TPSA) is 120 Å². The number of phenols is 1. The van der Waals surface area contributed by atoms with Crippen molar-refractivity contribution in [3.63, 3.8) is 0 Å². The number of aromatic nitrogens is 1. The number of fused-ring (bicyclic) bond motifs is 4. The third kappa shape index (κ3) is 5.48. The molecule has 14 heteroatoms. The van der Waals surface area contributed by atoms with E-state index in [0.29, 0.717) is 50.2 Å². The van der Waals surface area contributed by atoms with Gasteiger partial charge in [0.25, 0.3) is 11.8 Å². The maximum atomic E-state index is 15.3. The summed E-state index contributed by atoms with van der Waals surface area (Å²) < 4.78 is 40.4. The van der Waals surface area contributed by atoms with Crippen molar-refractivity contribution in [3.8, 4) is 5.75 Å². The fourth-order valence-electron chi connectivity index (χ4n) is 9.06. The number of halogens is 5. The zero-order chi connectivity index (χ0) is 39.1. The summed E-state index contributed by atoms with van der Waals surface area (Å²) in [4.78, 5) is 63.7. The molecule has 0 bridgehead atoms. The summed E-state index contributed by atoms with van der Waals surface area (Å²) >= 11 is 12.6. The van der Waals surface area contributed by atoms with Crippen molar-refractivity contribution < 1.29 is 37.5 Å². The number of nitrogens with one attached hydrogen (secondary N) is 1. The van der Waals surface area contributed by atoms with Gasteiger partial charge >= 0.3 is 6.18 Å². The second-order valence-electron chi connectivity index (χ2n) is 14.2. The van der Waals surface area contributed by atoms with Crippen LogP contribution < -0.4 is 10.3 Å². The van der Waals surface area contributed by atoms with E-state index in [-0.39, 0.29) is 30.3 Å². The van der Waals surface area contributed by atoms with Gasteiger partial charge in [0.1, 0.15) is 5.75 Å². The number of phenolic OH excluding ortho intramolecular Hbond substituents is 1. The molecule has 3 aromatic carbocycles. The third-order valence-corrected chi connectivity index (χ3v) is 12.1. The van der Waals surface area contributed by atoms with Gasteiger partial charge < -0.3 is 5.11 Å². The quantitative estimate of drug-likeness (QED) is 0.149. The van der Waals surface area contributed by atoms with Crippen LogP contribution in [0.1, 0.15) is 46.6 Å². The summed E-state index contributed by atoms with van der Waals surface area (Å²) in [6.07, 6.45) is -0.628. The monoisotopic (exact) mass is 786 g/mol. The Balaban J connectivity index is 1.31. The van der Waals surface area contributed by atoms with Gasteiger partial charge in [0, 0.05) is 22.7 Å². The number of nitrogens with zero attached hydrogens (tertiary/aromatic N) is 3. The summed E-state index contributed by atoms with van der Waals surface area (Å²) in [6, 6.07) is 18.9. The van der Waals surface area contributed by atoms with E-state index in [1.54, 1.807) is 79.7 Å². The van der Waals surface area contributed by atoms with Crippen LogP contribution in [0.4, 0.5) is 24.7 Å². The number of para-hydroxylation sites is 1. The maximum absolute atomic E-state index is 15.3. The number of allylic oxidation sites excluding steroid dienone is 2. The number of rotatable bonds is 6. The second-order valence-corrected chi connectivity index (χ2v) is 15.1. The molecule has 4 aliphatic rings. The molecule has 1 aromatic heterocycles. The highest BCUT2D eigenvalue weighted by molar-refractivity contribution is 6.33. The molecule has 4 aromatic rings. The standard InChI is InChI=1S/C41H31Cl2F3N4O5/c1-3-21-7-13-25(14-8-21)49-36(52)27-16-15-26-29(32(27)38(49)54)18-30-37(53)50(48-35-31(43)17-23(19-47-35)41(44,45)46)39(55)40(30,22-9-11-24(42)12-10-22)33(26)28-6-4-5-20(2)34(28)51/h3-15,17,19,27,29-30,32-33,51H,1,16,18H2,2H3,(H,47,48)/t27-,29+,30-,32-,33+,40+/m0/s1. The number of aryl methyl sites for hydroxylation is 1. The van der Waals surface area contributed by atoms with Gasteiger partial charge in [0.2, 0.25) is 11.8 Å². The number of benzene rings is 3. The minimum absolute atomic E-state index is 0.0576. The normalized spacial score (nSPS) is 26.1. The number of amides is 4. The minimum Gasteiger partial charge on any atom is -0.507 e. The molecule has 2 N–H and O–H groups in total. The van der Waals surface area contributed by atoms with Crippen molar-refractivity contribution in [1.29, 1.82) is 0 Å². The van der Waals surface area contributed by atoms with Crippen LogP contribution in [0.2, 0.25) is 10.0 Å². The molecule has 2 aliphatic heterocycles. The largest absolute Gasteiger partial charge is 0.507 e. The highest BCUT2D eigenvalue weighted by Gasteiger charge is 2.70. The van der Waals surface area contributed by atoms with Crippen LogP contribution >= 0.6 is 23.2 Å². The van der Waals surface area contributed by atoms with Crippen molar-refractivity contribution in [2.45, 2.75) is 37.3 Å². The van der Waals surface area contributed by atoms with Crippen LogP contribution in [0.3, 0.4) is 0 Å². The van der Waals surface area contributed by atoms with Crippen LogP contribution in [-0.4, -0.2) is 38.7 Å². The summed E-state index contributed by atoms with van der Waals surface area (Å²) in [5.41, 5.74) is 2.67. The van der Waals surface area contributed by atoms with Gasteiger partial charge in [-0.1, -0.05) is 90.0 Å². The van der Waals surface area contributed by atoms with Crippen LogP contribution in [0.15, 0.2) is 97.2 Å². The molecule has 3 fully saturated rings. The Hall–Kier alpha value is -5.46. The molecular formula is C41H31Cl2F3N4O5. The molecule has 280 valence electrons. The molecule has 8 rings (SSSR count). The number of pyridine rings is 1. The number of aromatic hydroxyl groups is 1. The number of hydrogen-bond donors (Lipinski definition) is 2. The molecule has 0 radical (unpaired) electrons. The van der Waals surface area contributed by atoms with Gasteiger partial charge in [-0.2, -0.15) is 18.2 Å². The van der Waals surface area contributed by atoms with Gasteiger partial charge in [0.05, 0.1) is 39.4 Å². The van der Waals surface area contributed by atoms with Gasteiger partial charge in [0.15, 0.2) is 5.82 Å². The smallest absolute Gasteiger partial charge is 0.417 e. The molecule has 55 heavy (non-hydrogen) atoms. The number of alkyl halides is 3. The van der Waals surface area contributed by atoms with E-state index < -0.39 is 69.5 Å². The lowest BCUT2D eigenvalue weighted by atomic mass is 9.49. The van der Waals surface area contributed by atoms with E-state index in [0.717, 1.165) is 5.56 Å². The Morgan fingerprint density at radius 3 is 2.33 bits per heavy atom. The fourth-order valence-corrected chi connectivity index (χ4v) is 9.39. The molecule has 3 heterocycles. The van der Waals surface area contributed by atoms with E-state index >= 15 is 4.79 Å². The van der Waals surface area contributed by atoms with Gasteiger partial charge in [-0.05, 0) is 72.7 Å². The van der Waals surface area contributed by atoms with Crippen LogP contribution in [0.25, 0.3) is 6.08 Å². The zero-order valence-corrected chi connectivity index (χ0v) is 30.5. The number of hydrogen-bond acceptors (Lipinski definition) is 7. The molecule has 6 atom stereocenters. The van der Waals surface area contributed by atoms with Crippen LogP contribution in [0.5, 0.6) is 5.75 Å². The molecule has 0 spiro atoms. The fraction of sp³-hybridized carbons (Fsp3) is 0.244. The van der Waals surface area contributed by atoms with Crippen molar-refractivity contribution in [3.05, 3.63) is 135 Å². The first-order valence-corrected chi connectivity index (χ1v) is 18.2. The zero-order valence-electron chi connectivity index (χ0n) is 29.0. The Bertz CT molecular complexity index is 2350. The van der Waals surface area contributed by atoms with Crippen molar-refractivity contribution >= 4 is 64.4 Å². The Morgan fingerprint density at radius 2 is 1.67 bits per heavy atom. The average Bonchev–Trinajstić information content (AvgIpc) is 3.54. The first-order valence-electron chi connectivity index (χ1n) is 17.4. The number of imide groups is 2. The SMILES string of the molecule is C=Cc1ccc(N2C(=O)[C@H]3[C@H](CC=C4[C@H]3C[C@H]3C(=O)N(Nc5ncc(C(F)(F)F)cc5Cl)C(=O)[C@@]3(c3ccc(Cl)cc3)[C@H]4c3cccc(C)c3O)C2=O)cc1. The predicted octanol–water partition coefficient (Wildman–Crippen LogP) is 8.25. The number of anilines is 2. The third-order valence-electron chi connectivity index (χ3n) is 11.5. The summed E-state index contributed by atoms with van der Waals surface area (Å²) in [6.45, 7) is 5.46. The minimum atomic E-state index is -4.75. The lowest BCUT2D eigenvalue weighted by molar-refractivity contribution is -0.139. The van der Waals surface area contributed by atoms with Crippen molar-refractivity contribution in [1.82, 2.24) is 9.99 Å². The molecule has 9 nitrogen and oxygen atoms in total. The van der Waals surface area contributed by atoms with Crippen LogP contribution in [0, 0.1) is 30.6 Å². The Morgan fingerprint density at radius 1 is 0.964 bits per heavy atom. The summed E-state index contributed by atoms with van der Waals surface area (Å²) in [7, 11) is 0.